The zero-order valence-corrected chi connectivity index (χ0v) is 16.5. The Labute approximate surface area is 179 Å². The third-order valence-corrected chi connectivity index (χ3v) is 4.44. The van der Waals surface area contributed by atoms with Crippen molar-refractivity contribution in [2.75, 3.05) is 19.6 Å². The van der Waals surface area contributed by atoms with Crippen molar-refractivity contribution in [1.29, 1.82) is 5.26 Å². The zero-order valence-electron chi connectivity index (χ0n) is 16.5. The van der Waals surface area contributed by atoms with Crippen LogP contribution in [0.5, 0.6) is 5.75 Å². The summed E-state index contributed by atoms with van der Waals surface area (Å²) in [4.78, 5) is 14.7. The predicted molar refractivity (Wildman–Crippen MR) is 108 cm³/mol. The summed E-state index contributed by atoms with van der Waals surface area (Å²) < 4.78 is 49.6. The molecule has 3 rings (SSSR count). The maximum absolute atomic E-state index is 13.2. The first kappa shape index (κ1) is 22.5. The van der Waals surface area contributed by atoms with Gasteiger partial charge >= 0.3 is 6.18 Å². The Morgan fingerprint density at radius 3 is 2.56 bits per heavy atom. The number of hydrogen-bond acceptors (Lipinski definition) is 7. The number of nitro groups is 1. The number of nitro benzene ring substituents is 1. The van der Waals surface area contributed by atoms with Gasteiger partial charge in [0.2, 0.25) is 0 Å². The molecule has 8 nitrogen and oxygen atoms in total. The van der Waals surface area contributed by atoms with Crippen LogP contribution in [0.15, 0.2) is 48.5 Å². The Bertz CT molecular complexity index is 1220. The first-order chi connectivity index (χ1) is 15.2. The molecule has 0 aliphatic heterocycles. The first-order valence-electron chi connectivity index (χ1n) is 8.94. The number of nitrogens with zero attached hydrogens (tertiary/aromatic N) is 3. The second-order valence-corrected chi connectivity index (χ2v) is 6.49. The number of nitrogens with two attached hydrogens (primary N) is 1. The lowest BCUT2D eigenvalue weighted by Crippen LogP contribution is -2.08. The molecule has 0 radical (unpaired) electrons. The second-order valence-electron chi connectivity index (χ2n) is 6.49. The fourth-order valence-corrected chi connectivity index (χ4v) is 2.99. The first-order valence-corrected chi connectivity index (χ1v) is 8.94. The number of hydrogen-bond donors (Lipinski definition) is 1. The minimum atomic E-state index is -4.60. The lowest BCUT2D eigenvalue weighted by molar-refractivity contribution is -0.384. The molecule has 0 unspecified atom stereocenters. The fraction of sp³-hybridized carbons (Fsp3) is 0.143. The Hall–Kier alpha value is -4.17. The van der Waals surface area contributed by atoms with Crippen LogP contribution in [-0.4, -0.2) is 23.8 Å². The van der Waals surface area contributed by atoms with Gasteiger partial charge in [-0.1, -0.05) is 12.1 Å². The van der Waals surface area contributed by atoms with Crippen LogP contribution >= 0.6 is 0 Å². The summed E-state index contributed by atoms with van der Waals surface area (Å²) in [7, 11) is 1.31. The monoisotopic (exact) mass is 444 g/mol. The summed E-state index contributed by atoms with van der Waals surface area (Å²) in [6.45, 7) is -0.322. The molecule has 2 N–H and O–H groups in total. The van der Waals surface area contributed by atoms with Gasteiger partial charge < -0.3 is 15.2 Å². The van der Waals surface area contributed by atoms with Crippen LogP contribution < -0.4 is 10.5 Å². The largest absolute Gasteiger partial charge is 0.467 e. The highest BCUT2D eigenvalue weighted by Gasteiger charge is 2.31. The zero-order chi connectivity index (χ0) is 23.5. The number of pyridine rings is 1. The quantitative estimate of drug-likeness (QED) is 0.330. The van der Waals surface area contributed by atoms with Crippen LogP contribution in [0.2, 0.25) is 0 Å². The molecule has 0 saturated carbocycles. The summed E-state index contributed by atoms with van der Waals surface area (Å²) in [5, 5.41) is 20.7. The number of non-ortho nitro benzene ring substituents is 1. The summed E-state index contributed by atoms with van der Waals surface area (Å²) >= 11 is 0. The number of ether oxygens (including phenoxy) is 2. The smallest absolute Gasteiger partial charge is 0.416 e. The van der Waals surface area contributed by atoms with Gasteiger partial charge in [0.25, 0.3) is 5.69 Å². The molecule has 164 valence electrons. The predicted octanol–water partition coefficient (Wildman–Crippen LogP) is 4.78. The van der Waals surface area contributed by atoms with E-state index in [9.17, 15) is 28.5 Å². The molecule has 1 aromatic heterocycles. The molecule has 0 saturated heterocycles. The number of nitrogen functional groups attached to an aromatic ring is 1. The number of halogens is 3. The van der Waals surface area contributed by atoms with E-state index in [2.05, 4.69) is 4.98 Å². The summed E-state index contributed by atoms with van der Waals surface area (Å²) in [6.07, 6.45) is -4.60. The Morgan fingerprint density at radius 1 is 1.19 bits per heavy atom. The van der Waals surface area contributed by atoms with E-state index in [-0.39, 0.29) is 46.4 Å². The van der Waals surface area contributed by atoms with Gasteiger partial charge in [-0.15, -0.1) is 0 Å². The van der Waals surface area contributed by atoms with E-state index in [1.54, 1.807) is 6.07 Å². The molecule has 0 spiro atoms. The molecule has 0 aliphatic rings. The number of rotatable bonds is 6. The maximum Gasteiger partial charge on any atom is 0.416 e. The highest BCUT2D eigenvalue weighted by molar-refractivity contribution is 5.82. The van der Waals surface area contributed by atoms with E-state index in [1.165, 1.54) is 37.4 Å². The van der Waals surface area contributed by atoms with Gasteiger partial charge in [-0.3, -0.25) is 10.1 Å². The number of alkyl halides is 3. The average Bonchev–Trinajstić information content (AvgIpc) is 2.76. The van der Waals surface area contributed by atoms with Crippen LogP contribution in [0.3, 0.4) is 0 Å². The van der Waals surface area contributed by atoms with Crippen molar-refractivity contribution in [2.45, 2.75) is 6.18 Å². The molecule has 0 bridgehead atoms. The standard InChI is InChI=1S/C21H15F3N4O4/c1-31-11-32-19-8-13(21(22,23)24)5-6-15(19)18-9-16(17(10-25)20(26)27-18)12-3-2-4-14(7-12)28(29)30/h2-9H,11H2,1H3,(H2,26,27). The van der Waals surface area contributed by atoms with E-state index in [0.29, 0.717) is 5.56 Å². The second kappa shape index (κ2) is 8.91. The molecule has 0 fully saturated rings. The van der Waals surface area contributed by atoms with E-state index in [1.807, 2.05) is 6.07 Å². The molecule has 11 heteroatoms. The molecular weight excluding hydrogens is 429 g/mol. The van der Waals surface area contributed by atoms with Crippen molar-refractivity contribution < 1.29 is 27.6 Å². The molecule has 0 atom stereocenters. The van der Waals surface area contributed by atoms with Crippen molar-refractivity contribution in [3.05, 3.63) is 69.8 Å². The summed E-state index contributed by atoms with van der Waals surface area (Å²) in [6, 6.07) is 11.7. The molecule has 1 heterocycles. The van der Waals surface area contributed by atoms with Gasteiger partial charge in [-0.05, 0) is 29.8 Å². The minimum Gasteiger partial charge on any atom is -0.467 e. The lowest BCUT2D eigenvalue weighted by Gasteiger charge is -2.16. The summed E-state index contributed by atoms with van der Waals surface area (Å²) in [5.74, 6) is -0.354. The third kappa shape index (κ3) is 4.60. The van der Waals surface area contributed by atoms with Crippen molar-refractivity contribution in [3.63, 3.8) is 0 Å². The molecule has 32 heavy (non-hydrogen) atoms. The molecular formula is C21H15F3N4O4. The van der Waals surface area contributed by atoms with Crippen LogP contribution in [-0.2, 0) is 10.9 Å². The highest BCUT2D eigenvalue weighted by atomic mass is 19.4. The number of benzene rings is 2. The van der Waals surface area contributed by atoms with Gasteiger partial charge in [-0.2, -0.15) is 18.4 Å². The van der Waals surface area contributed by atoms with E-state index in [0.717, 1.165) is 12.1 Å². The average molecular weight is 444 g/mol. The maximum atomic E-state index is 13.2. The van der Waals surface area contributed by atoms with Gasteiger partial charge in [0, 0.05) is 30.4 Å². The van der Waals surface area contributed by atoms with Crippen LogP contribution in [0.1, 0.15) is 11.1 Å². The topological polar surface area (TPSA) is 124 Å². The van der Waals surface area contributed by atoms with Gasteiger partial charge in [-0.25, -0.2) is 4.98 Å². The molecule has 0 aliphatic carbocycles. The van der Waals surface area contributed by atoms with E-state index in [4.69, 9.17) is 15.2 Å². The van der Waals surface area contributed by atoms with Crippen LogP contribution in [0.4, 0.5) is 24.7 Å². The molecule has 0 amide bonds. The third-order valence-electron chi connectivity index (χ3n) is 4.44. The Kier molecular flexibility index (Phi) is 6.27. The number of anilines is 1. The Balaban J connectivity index is 2.23. The van der Waals surface area contributed by atoms with Gasteiger partial charge in [0.1, 0.15) is 23.2 Å². The van der Waals surface area contributed by atoms with Crippen LogP contribution in [0, 0.1) is 21.4 Å². The fourth-order valence-electron chi connectivity index (χ4n) is 2.99. The lowest BCUT2D eigenvalue weighted by atomic mass is 9.97. The minimum absolute atomic E-state index is 0.0273. The highest BCUT2D eigenvalue weighted by Crippen LogP contribution is 2.39. The van der Waals surface area contributed by atoms with Crippen molar-refractivity contribution in [2.24, 2.45) is 0 Å². The van der Waals surface area contributed by atoms with Crippen LogP contribution in [0.25, 0.3) is 22.4 Å². The Morgan fingerprint density at radius 2 is 1.94 bits per heavy atom. The number of nitriles is 1. The normalized spacial score (nSPS) is 11.1. The van der Waals surface area contributed by atoms with Gasteiger partial charge in [0.15, 0.2) is 6.79 Å². The van der Waals surface area contributed by atoms with Gasteiger partial charge in [0.05, 0.1) is 16.2 Å². The molecule has 2 aromatic carbocycles. The summed E-state index contributed by atoms with van der Waals surface area (Å²) in [5.41, 5.74) is 5.60. The molecule has 3 aromatic rings. The number of methoxy groups -OCH3 is 1. The van der Waals surface area contributed by atoms with Crippen molar-refractivity contribution >= 4 is 11.5 Å². The number of aromatic nitrogens is 1. The van der Waals surface area contributed by atoms with E-state index < -0.39 is 16.7 Å². The van der Waals surface area contributed by atoms with Crippen molar-refractivity contribution in [3.8, 4) is 34.2 Å². The van der Waals surface area contributed by atoms with E-state index >= 15 is 0 Å². The van der Waals surface area contributed by atoms with Crippen molar-refractivity contribution in [1.82, 2.24) is 4.98 Å². The SMILES string of the molecule is COCOc1cc(C(F)(F)F)ccc1-c1cc(-c2cccc([N+](=O)[O-])c2)c(C#N)c(N)n1.